The number of halogens is 2. The van der Waals surface area contributed by atoms with E-state index in [-0.39, 0.29) is 12.1 Å². The molecule has 0 aliphatic heterocycles. The van der Waals surface area contributed by atoms with E-state index in [2.05, 4.69) is 15.6 Å². The third-order valence-corrected chi connectivity index (χ3v) is 3.76. The first kappa shape index (κ1) is 18.1. The Hall–Kier alpha value is -3.68. The fourth-order valence-corrected chi connectivity index (χ4v) is 2.49. The highest BCUT2D eigenvalue weighted by Gasteiger charge is 2.11. The highest BCUT2D eigenvalue weighted by molar-refractivity contribution is 5.98. The Morgan fingerprint density at radius 2 is 1.70 bits per heavy atom. The Bertz CT molecular complexity index is 956. The number of pyridine rings is 1. The van der Waals surface area contributed by atoms with Gasteiger partial charge in [0.1, 0.15) is 17.5 Å². The molecule has 1 aromatic heterocycles. The molecule has 0 radical (unpaired) electrons. The summed E-state index contributed by atoms with van der Waals surface area (Å²) < 4.78 is 26.7. The molecule has 0 aliphatic rings. The molecule has 1 heterocycles. The van der Waals surface area contributed by atoms with Gasteiger partial charge < -0.3 is 22.1 Å². The summed E-state index contributed by atoms with van der Waals surface area (Å²) in [7, 11) is 0. The van der Waals surface area contributed by atoms with E-state index in [1.165, 1.54) is 18.3 Å². The van der Waals surface area contributed by atoms with Crippen molar-refractivity contribution in [3.8, 4) is 0 Å². The minimum atomic E-state index is -0.678. The second-order valence-electron chi connectivity index (χ2n) is 5.86. The molecule has 6 nitrogen and oxygen atoms in total. The number of rotatable bonds is 6. The number of anilines is 4. The molecule has 0 atom stereocenters. The Labute approximate surface area is 154 Å². The lowest BCUT2D eigenvalue weighted by molar-refractivity contribution is 0.100. The molecular weight excluding hydrogens is 352 g/mol. The number of nitrogen functional groups attached to an aromatic ring is 1. The molecule has 1 amide bonds. The Balaban J connectivity index is 1.83. The summed E-state index contributed by atoms with van der Waals surface area (Å²) >= 11 is 0. The maximum absolute atomic E-state index is 13.3. The number of carbonyl (C=O) groups is 1. The summed E-state index contributed by atoms with van der Waals surface area (Å²) in [6, 6.07) is 11.8. The normalized spacial score (nSPS) is 10.4. The van der Waals surface area contributed by atoms with Gasteiger partial charge in [-0.1, -0.05) is 0 Å². The quantitative estimate of drug-likeness (QED) is 0.498. The van der Waals surface area contributed by atoms with Crippen molar-refractivity contribution in [1.82, 2.24) is 4.98 Å². The van der Waals surface area contributed by atoms with Gasteiger partial charge in [0.15, 0.2) is 0 Å². The van der Waals surface area contributed by atoms with E-state index in [0.717, 1.165) is 11.8 Å². The molecule has 0 unspecified atom stereocenters. The fourth-order valence-electron chi connectivity index (χ4n) is 2.49. The van der Waals surface area contributed by atoms with Gasteiger partial charge in [0.25, 0.3) is 5.91 Å². The van der Waals surface area contributed by atoms with Crippen molar-refractivity contribution in [3.63, 3.8) is 0 Å². The molecule has 0 bridgehead atoms. The van der Waals surface area contributed by atoms with Crippen LogP contribution in [0.15, 0.2) is 54.7 Å². The van der Waals surface area contributed by atoms with Crippen molar-refractivity contribution in [2.24, 2.45) is 5.73 Å². The van der Waals surface area contributed by atoms with Gasteiger partial charge in [0.2, 0.25) is 0 Å². The van der Waals surface area contributed by atoms with Gasteiger partial charge in [-0.2, -0.15) is 0 Å². The largest absolute Gasteiger partial charge is 0.399 e. The van der Waals surface area contributed by atoms with Crippen LogP contribution in [-0.4, -0.2) is 10.9 Å². The number of nitrogens with zero attached hydrogens (tertiary/aromatic N) is 1. The predicted octanol–water partition coefficient (Wildman–Crippen LogP) is 3.40. The second-order valence-corrected chi connectivity index (χ2v) is 5.86. The molecule has 0 saturated heterocycles. The molecule has 8 heteroatoms. The number of carbonyl (C=O) groups excluding carboxylic acids is 1. The van der Waals surface area contributed by atoms with E-state index in [1.807, 2.05) is 0 Å². The van der Waals surface area contributed by atoms with Crippen LogP contribution >= 0.6 is 0 Å². The summed E-state index contributed by atoms with van der Waals surface area (Å²) in [4.78, 5) is 15.8. The van der Waals surface area contributed by atoms with Crippen LogP contribution in [-0.2, 0) is 6.54 Å². The fraction of sp³-hybridized carbons (Fsp3) is 0.0526. The van der Waals surface area contributed by atoms with Gasteiger partial charge >= 0.3 is 0 Å². The number of nitrogens with one attached hydrogen (secondary N) is 2. The topological polar surface area (TPSA) is 106 Å². The maximum atomic E-state index is 13.3. The molecular formula is C19H17F2N5O. The summed E-state index contributed by atoms with van der Waals surface area (Å²) in [5, 5.41) is 6.04. The number of amides is 1. The zero-order valence-electron chi connectivity index (χ0n) is 14.2. The van der Waals surface area contributed by atoms with Crippen molar-refractivity contribution in [2.45, 2.75) is 6.54 Å². The summed E-state index contributed by atoms with van der Waals surface area (Å²) in [6.45, 7) is 0.0975. The number of aromatic nitrogens is 1. The average molecular weight is 369 g/mol. The van der Waals surface area contributed by atoms with Crippen LogP contribution in [0.5, 0.6) is 0 Å². The average Bonchev–Trinajstić information content (AvgIpc) is 2.61. The first-order valence-electron chi connectivity index (χ1n) is 8.02. The first-order chi connectivity index (χ1) is 12.9. The highest BCUT2D eigenvalue weighted by atomic mass is 19.1. The zero-order valence-corrected chi connectivity index (χ0v) is 14.2. The number of primary amides is 1. The maximum Gasteiger partial charge on any atom is 0.252 e. The lowest BCUT2D eigenvalue weighted by Crippen LogP contribution is -2.15. The molecule has 6 N–H and O–H groups in total. The third-order valence-electron chi connectivity index (χ3n) is 3.76. The minimum absolute atomic E-state index is 0.0975. The molecule has 0 fully saturated rings. The van der Waals surface area contributed by atoms with Crippen LogP contribution in [0.1, 0.15) is 15.9 Å². The summed E-state index contributed by atoms with van der Waals surface area (Å²) in [6.07, 6.45) is 1.33. The van der Waals surface area contributed by atoms with Gasteiger partial charge in [-0.25, -0.2) is 13.8 Å². The Kier molecular flexibility index (Phi) is 5.16. The van der Waals surface area contributed by atoms with Crippen LogP contribution in [0.4, 0.5) is 31.7 Å². The smallest absolute Gasteiger partial charge is 0.252 e. The van der Waals surface area contributed by atoms with Crippen molar-refractivity contribution in [1.29, 1.82) is 0 Å². The van der Waals surface area contributed by atoms with Gasteiger partial charge in [-0.15, -0.1) is 0 Å². The lowest BCUT2D eigenvalue weighted by Gasteiger charge is -2.13. The third kappa shape index (κ3) is 4.69. The predicted molar refractivity (Wildman–Crippen MR) is 101 cm³/mol. The molecule has 27 heavy (non-hydrogen) atoms. The molecule has 2 aromatic carbocycles. The van der Waals surface area contributed by atoms with E-state index in [9.17, 15) is 13.6 Å². The van der Waals surface area contributed by atoms with Crippen LogP contribution in [0.2, 0.25) is 0 Å². The first-order valence-corrected chi connectivity index (χ1v) is 8.02. The Morgan fingerprint density at radius 1 is 1.04 bits per heavy atom. The molecule has 0 aliphatic carbocycles. The Morgan fingerprint density at radius 3 is 2.33 bits per heavy atom. The summed E-state index contributed by atoms with van der Waals surface area (Å²) in [5.74, 6) is -1.57. The molecule has 3 rings (SSSR count). The number of benzene rings is 2. The van der Waals surface area contributed by atoms with E-state index in [0.29, 0.717) is 22.8 Å². The van der Waals surface area contributed by atoms with Crippen LogP contribution in [0, 0.1) is 11.6 Å². The van der Waals surface area contributed by atoms with Crippen molar-refractivity contribution >= 4 is 28.8 Å². The number of nitrogens with two attached hydrogens (primary N) is 2. The van der Waals surface area contributed by atoms with E-state index in [4.69, 9.17) is 11.5 Å². The van der Waals surface area contributed by atoms with Crippen molar-refractivity contribution < 1.29 is 13.6 Å². The van der Waals surface area contributed by atoms with Gasteiger partial charge in [0.05, 0.1) is 11.3 Å². The SMILES string of the molecule is NC(=O)c1cnc(Nc2ccc(N)cc2)cc1NCc1cc(F)cc(F)c1. The standard InChI is InChI=1S/C19H17F2N5O/c20-12-5-11(6-13(21)7-12)9-24-17-8-18(25-10-16(17)19(23)27)26-15-3-1-14(22)2-4-15/h1-8,10H,9,22H2,(H2,23,27)(H2,24,25,26). The van der Waals surface area contributed by atoms with Crippen LogP contribution in [0.25, 0.3) is 0 Å². The van der Waals surface area contributed by atoms with Crippen LogP contribution < -0.4 is 22.1 Å². The van der Waals surface area contributed by atoms with Gasteiger partial charge in [-0.3, -0.25) is 4.79 Å². The highest BCUT2D eigenvalue weighted by Crippen LogP contribution is 2.23. The van der Waals surface area contributed by atoms with Crippen molar-refractivity contribution in [3.05, 3.63) is 77.5 Å². The van der Waals surface area contributed by atoms with E-state index in [1.54, 1.807) is 30.3 Å². The lowest BCUT2D eigenvalue weighted by atomic mass is 10.1. The summed E-state index contributed by atoms with van der Waals surface area (Å²) in [5.41, 5.74) is 13.3. The monoisotopic (exact) mass is 369 g/mol. The second kappa shape index (κ2) is 7.69. The van der Waals surface area contributed by atoms with Gasteiger partial charge in [0, 0.05) is 36.2 Å². The zero-order chi connectivity index (χ0) is 19.4. The van der Waals surface area contributed by atoms with E-state index >= 15 is 0 Å². The van der Waals surface area contributed by atoms with Crippen molar-refractivity contribution in [2.75, 3.05) is 16.4 Å². The van der Waals surface area contributed by atoms with E-state index < -0.39 is 17.5 Å². The van der Waals surface area contributed by atoms with Gasteiger partial charge in [-0.05, 0) is 42.0 Å². The van der Waals surface area contributed by atoms with Crippen LogP contribution in [0.3, 0.4) is 0 Å². The molecule has 3 aromatic rings. The number of hydrogen-bond donors (Lipinski definition) is 4. The molecule has 0 saturated carbocycles. The number of hydrogen-bond acceptors (Lipinski definition) is 5. The molecule has 138 valence electrons. The molecule has 0 spiro atoms. The minimum Gasteiger partial charge on any atom is -0.399 e.